The number of rotatable bonds is 6. The van der Waals surface area contributed by atoms with Gasteiger partial charge in [0.05, 0.1) is 0 Å². The van der Waals surface area contributed by atoms with Crippen molar-refractivity contribution in [3.63, 3.8) is 0 Å². The van der Waals surface area contributed by atoms with Crippen LogP contribution in [0, 0.1) is 0 Å². The molecule has 0 radical (unpaired) electrons. The van der Waals surface area contributed by atoms with Gasteiger partial charge < -0.3 is 10.1 Å². The Hall–Kier alpha value is -2.83. The zero-order valence-corrected chi connectivity index (χ0v) is 13.1. The van der Waals surface area contributed by atoms with Crippen LogP contribution in [0.4, 0.5) is 18.0 Å². The van der Waals surface area contributed by atoms with Crippen molar-refractivity contribution < 1.29 is 27.5 Å². The fourth-order valence-corrected chi connectivity index (χ4v) is 2.16. The van der Waals surface area contributed by atoms with E-state index < -0.39 is 24.1 Å². The second-order valence-corrected chi connectivity index (χ2v) is 5.31. The van der Waals surface area contributed by atoms with Crippen molar-refractivity contribution in [1.82, 2.24) is 5.32 Å². The van der Waals surface area contributed by atoms with Gasteiger partial charge in [-0.05, 0) is 11.1 Å². The molecule has 0 heterocycles. The molecule has 1 atom stereocenters. The molecule has 0 spiro atoms. The summed E-state index contributed by atoms with van der Waals surface area (Å²) in [6, 6.07) is 15.0. The highest BCUT2D eigenvalue weighted by Crippen LogP contribution is 2.20. The third-order valence-corrected chi connectivity index (χ3v) is 3.38. The van der Waals surface area contributed by atoms with Crippen LogP contribution in [-0.2, 0) is 22.6 Å². The summed E-state index contributed by atoms with van der Waals surface area (Å²) in [4.78, 5) is 23.4. The summed E-state index contributed by atoms with van der Waals surface area (Å²) < 4.78 is 43.2. The predicted molar refractivity (Wildman–Crippen MR) is 84.8 cm³/mol. The Labute approximate surface area is 142 Å². The lowest BCUT2D eigenvalue weighted by atomic mass is 10.0. The number of carbonyl (C=O) groups is 2. The maximum absolute atomic E-state index is 12.8. The SMILES string of the molecule is O=C(N[C@@H](Cc1ccccc1)C(=O)C(F)(F)F)OCc1ccccc1. The summed E-state index contributed by atoms with van der Waals surface area (Å²) in [5.41, 5.74) is 1.17. The van der Waals surface area contributed by atoms with E-state index in [1.165, 1.54) is 0 Å². The van der Waals surface area contributed by atoms with Crippen LogP contribution in [0.25, 0.3) is 0 Å². The van der Waals surface area contributed by atoms with Crippen molar-refractivity contribution >= 4 is 11.9 Å². The van der Waals surface area contributed by atoms with E-state index >= 15 is 0 Å². The highest BCUT2D eigenvalue weighted by molar-refractivity contribution is 5.91. The number of amides is 1. The summed E-state index contributed by atoms with van der Waals surface area (Å²) in [6.07, 6.45) is -6.41. The molecule has 2 aromatic carbocycles. The summed E-state index contributed by atoms with van der Waals surface area (Å²) in [7, 11) is 0. The molecule has 0 saturated carbocycles. The summed E-state index contributed by atoms with van der Waals surface area (Å²) >= 11 is 0. The maximum atomic E-state index is 12.8. The average molecular weight is 351 g/mol. The van der Waals surface area contributed by atoms with Crippen LogP contribution in [0.5, 0.6) is 0 Å². The molecule has 0 aliphatic heterocycles. The Morgan fingerprint density at radius 2 is 1.44 bits per heavy atom. The number of alkyl halides is 3. The van der Waals surface area contributed by atoms with Crippen molar-refractivity contribution in [2.75, 3.05) is 0 Å². The standard InChI is InChI=1S/C18H16F3NO3/c19-18(20,21)16(23)15(11-13-7-3-1-4-8-13)22-17(24)25-12-14-9-5-2-6-10-14/h1-10,15H,11-12H2,(H,22,24)/t15-/m0/s1. The first kappa shape index (κ1) is 18.5. The first-order chi connectivity index (χ1) is 11.9. The molecule has 2 rings (SSSR count). The largest absolute Gasteiger partial charge is 0.452 e. The van der Waals surface area contributed by atoms with Gasteiger partial charge in [0.2, 0.25) is 0 Å². The van der Waals surface area contributed by atoms with Crippen LogP contribution in [0.2, 0.25) is 0 Å². The Balaban J connectivity index is 2.02. The lowest BCUT2D eigenvalue weighted by Gasteiger charge is -2.19. The second kappa shape index (κ2) is 8.32. The summed E-state index contributed by atoms with van der Waals surface area (Å²) in [5, 5.41) is 2.01. The van der Waals surface area contributed by atoms with E-state index in [0.29, 0.717) is 11.1 Å². The van der Waals surface area contributed by atoms with Gasteiger partial charge in [0.25, 0.3) is 5.78 Å². The number of ether oxygens (including phenoxy) is 1. The van der Waals surface area contributed by atoms with E-state index in [-0.39, 0.29) is 13.0 Å². The minimum Gasteiger partial charge on any atom is -0.445 e. The van der Waals surface area contributed by atoms with Crippen LogP contribution in [0.15, 0.2) is 60.7 Å². The van der Waals surface area contributed by atoms with Crippen LogP contribution >= 0.6 is 0 Å². The van der Waals surface area contributed by atoms with Crippen molar-refractivity contribution in [3.05, 3.63) is 71.8 Å². The molecule has 4 nitrogen and oxygen atoms in total. The van der Waals surface area contributed by atoms with Crippen molar-refractivity contribution in [2.45, 2.75) is 25.2 Å². The highest BCUT2D eigenvalue weighted by Gasteiger charge is 2.44. The topological polar surface area (TPSA) is 55.4 Å². The van der Waals surface area contributed by atoms with E-state index in [4.69, 9.17) is 4.74 Å². The molecule has 7 heteroatoms. The maximum Gasteiger partial charge on any atom is 0.452 e. The van der Waals surface area contributed by atoms with Crippen LogP contribution in [-0.4, -0.2) is 24.1 Å². The lowest BCUT2D eigenvalue weighted by molar-refractivity contribution is -0.173. The molecule has 25 heavy (non-hydrogen) atoms. The average Bonchev–Trinajstić information content (AvgIpc) is 2.60. The van der Waals surface area contributed by atoms with E-state index in [2.05, 4.69) is 0 Å². The second-order valence-electron chi connectivity index (χ2n) is 5.31. The fraction of sp³-hybridized carbons (Fsp3) is 0.222. The van der Waals surface area contributed by atoms with Gasteiger partial charge >= 0.3 is 12.3 Å². The van der Waals surface area contributed by atoms with Crippen molar-refractivity contribution in [1.29, 1.82) is 0 Å². The number of halogens is 3. The molecule has 0 aliphatic carbocycles. The highest BCUT2D eigenvalue weighted by atomic mass is 19.4. The van der Waals surface area contributed by atoms with E-state index in [1.54, 1.807) is 60.7 Å². The number of benzene rings is 2. The molecule has 2 aromatic rings. The molecule has 1 N–H and O–H groups in total. The van der Waals surface area contributed by atoms with Crippen LogP contribution in [0.3, 0.4) is 0 Å². The Morgan fingerprint density at radius 1 is 0.920 bits per heavy atom. The van der Waals surface area contributed by atoms with E-state index in [0.717, 1.165) is 0 Å². The van der Waals surface area contributed by atoms with Gasteiger partial charge in [-0.15, -0.1) is 0 Å². The number of carbonyl (C=O) groups excluding carboxylic acids is 2. The number of Topliss-reactive ketones (excluding diaryl/α,β-unsaturated/α-hetero) is 1. The van der Waals surface area contributed by atoms with Gasteiger partial charge in [0, 0.05) is 6.42 Å². The number of alkyl carbamates (subject to hydrolysis) is 1. The molecule has 0 saturated heterocycles. The zero-order valence-electron chi connectivity index (χ0n) is 13.1. The van der Waals surface area contributed by atoms with E-state index in [9.17, 15) is 22.8 Å². The van der Waals surface area contributed by atoms with Crippen molar-refractivity contribution in [3.8, 4) is 0 Å². The van der Waals surface area contributed by atoms with Gasteiger partial charge in [-0.1, -0.05) is 60.7 Å². The predicted octanol–water partition coefficient (Wildman–Crippen LogP) is 3.66. The molecule has 0 fully saturated rings. The molecular formula is C18H16F3NO3. The van der Waals surface area contributed by atoms with Gasteiger partial charge in [-0.2, -0.15) is 13.2 Å². The molecule has 132 valence electrons. The summed E-state index contributed by atoms with van der Waals surface area (Å²) in [6.45, 7) is -0.106. The third-order valence-electron chi connectivity index (χ3n) is 3.38. The number of nitrogens with one attached hydrogen (secondary N) is 1. The minimum absolute atomic E-state index is 0.106. The van der Waals surface area contributed by atoms with E-state index in [1.807, 2.05) is 5.32 Å². The van der Waals surface area contributed by atoms with Crippen molar-refractivity contribution in [2.24, 2.45) is 0 Å². The molecule has 0 bridgehead atoms. The lowest BCUT2D eigenvalue weighted by Crippen LogP contribution is -2.48. The van der Waals surface area contributed by atoms with Gasteiger partial charge in [-0.25, -0.2) is 4.79 Å². The van der Waals surface area contributed by atoms with Gasteiger partial charge in [-0.3, -0.25) is 4.79 Å². The minimum atomic E-state index is -5.05. The van der Waals surface area contributed by atoms with Gasteiger partial charge in [0.15, 0.2) is 0 Å². The molecule has 0 unspecified atom stereocenters. The first-order valence-corrected chi connectivity index (χ1v) is 7.48. The van der Waals surface area contributed by atoms with Crippen LogP contribution < -0.4 is 5.32 Å². The normalized spacial score (nSPS) is 12.3. The Bertz CT molecular complexity index is 703. The number of hydrogen-bond donors (Lipinski definition) is 1. The Kier molecular flexibility index (Phi) is 6.16. The molecule has 0 aromatic heterocycles. The summed E-state index contributed by atoms with van der Waals surface area (Å²) in [5.74, 6) is -2.02. The first-order valence-electron chi connectivity index (χ1n) is 7.48. The quantitative estimate of drug-likeness (QED) is 0.864. The number of ketones is 1. The molecule has 0 aliphatic rings. The third kappa shape index (κ3) is 5.95. The zero-order chi connectivity index (χ0) is 18.3. The smallest absolute Gasteiger partial charge is 0.445 e. The Morgan fingerprint density at radius 3 is 1.96 bits per heavy atom. The van der Waals surface area contributed by atoms with Crippen LogP contribution in [0.1, 0.15) is 11.1 Å². The fourth-order valence-electron chi connectivity index (χ4n) is 2.16. The molecular weight excluding hydrogens is 335 g/mol. The van der Waals surface area contributed by atoms with Gasteiger partial charge in [0.1, 0.15) is 12.6 Å². The number of hydrogen-bond acceptors (Lipinski definition) is 3. The monoisotopic (exact) mass is 351 g/mol. The molecule has 1 amide bonds.